The van der Waals surface area contributed by atoms with Crippen LogP contribution >= 0.6 is 0 Å². The Hall–Kier alpha value is -1.95. The molecule has 1 aromatic carbocycles. The smallest absolute Gasteiger partial charge is 0.241 e. The van der Waals surface area contributed by atoms with Crippen LogP contribution in [0.15, 0.2) is 41.4 Å². The first-order valence-electron chi connectivity index (χ1n) is 8.08. The molecule has 0 saturated heterocycles. The van der Waals surface area contributed by atoms with E-state index in [2.05, 4.69) is 4.98 Å². The minimum atomic E-state index is -3.84. The minimum absolute atomic E-state index is 0.0606. The van der Waals surface area contributed by atoms with Crippen LogP contribution in [0, 0.1) is 0 Å². The third-order valence-corrected chi connectivity index (χ3v) is 5.99. The van der Waals surface area contributed by atoms with Crippen LogP contribution in [0.3, 0.4) is 0 Å². The van der Waals surface area contributed by atoms with Crippen molar-refractivity contribution in [3.8, 4) is 0 Å². The Bertz CT molecular complexity index is 836. The van der Waals surface area contributed by atoms with Gasteiger partial charge in [0.1, 0.15) is 5.25 Å². The van der Waals surface area contributed by atoms with Gasteiger partial charge in [0.2, 0.25) is 15.7 Å². The van der Waals surface area contributed by atoms with E-state index >= 15 is 0 Å². The van der Waals surface area contributed by atoms with E-state index in [4.69, 9.17) is 0 Å². The number of sulfone groups is 1. The van der Waals surface area contributed by atoms with E-state index in [1.165, 1.54) is 13.0 Å². The Morgan fingerprint density at radius 2 is 1.54 bits per heavy atom. The largest absolute Gasteiger partial charge is 0.337 e. The van der Waals surface area contributed by atoms with E-state index in [1.807, 2.05) is 39.8 Å². The fourth-order valence-electron chi connectivity index (χ4n) is 2.83. The first-order valence-corrected chi connectivity index (χ1v) is 9.62. The Kier molecular flexibility index (Phi) is 5.28. The Labute approximate surface area is 143 Å². The molecule has 1 atom stereocenters. The molecular formula is C18H24N2O3S. The van der Waals surface area contributed by atoms with E-state index in [-0.39, 0.29) is 17.1 Å². The Morgan fingerprint density at radius 1 is 0.958 bits per heavy atom. The van der Waals surface area contributed by atoms with E-state index in [1.54, 1.807) is 23.1 Å². The summed E-state index contributed by atoms with van der Waals surface area (Å²) in [6, 6.07) is 10.3. The van der Waals surface area contributed by atoms with Gasteiger partial charge in [-0.3, -0.25) is 4.79 Å². The highest BCUT2D eigenvalue weighted by atomic mass is 32.2. The lowest BCUT2D eigenvalue weighted by molar-refractivity contribution is -0.134. The van der Waals surface area contributed by atoms with Gasteiger partial charge < -0.3 is 4.90 Å². The van der Waals surface area contributed by atoms with Gasteiger partial charge in [0.05, 0.1) is 5.52 Å². The Morgan fingerprint density at radius 3 is 2.12 bits per heavy atom. The number of hydrogen-bond acceptors (Lipinski definition) is 4. The van der Waals surface area contributed by atoms with Crippen LogP contribution in [-0.4, -0.2) is 41.5 Å². The number of para-hydroxylation sites is 1. The fraction of sp³-hybridized carbons (Fsp3) is 0.444. The molecule has 1 unspecified atom stereocenters. The number of carbonyl (C=O) groups excluding carboxylic acids is 1. The highest BCUT2D eigenvalue weighted by Crippen LogP contribution is 2.21. The second-order valence-corrected chi connectivity index (χ2v) is 8.68. The number of carbonyl (C=O) groups is 1. The van der Waals surface area contributed by atoms with Gasteiger partial charge in [-0.15, -0.1) is 0 Å². The van der Waals surface area contributed by atoms with Gasteiger partial charge in [-0.1, -0.05) is 18.2 Å². The lowest BCUT2D eigenvalue weighted by Crippen LogP contribution is -2.48. The summed E-state index contributed by atoms with van der Waals surface area (Å²) in [7, 11) is -3.84. The third kappa shape index (κ3) is 3.43. The van der Waals surface area contributed by atoms with Gasteiger partial charge in [0, 0.05) is 17.5 Å². The highest BCUT2D eigenvalue weighted by Gasteiger charge is 2.35. The van der Waals surface area contributed by atoms with E-state index in [0.29, 0.717) is 5.52 Å². The molecule has 130 valence electrons. The summed E-state index contributed by atoms with van der Waals surface area (Å²) in [5.41, 5.74) is 0.600. The summed E-state index contributed by atoms with van der Waals surface area (Å²) in [6.45, 7) is 8.96. The normalized spacial score (nSPS) is 13.5. The number of rotatable bonds is 5. The quantitative estimate of drug-likeness (QED) is 0.833. The average Bonchev–Trinajstić information content (AvgIpc) is 2.52. The summed E-state index contributed by atoms with van der Waals surface area (Å²) in [6.07, 6.45) is 0. The van der Waals surface area contributed by atoms with Crippen LogP contribution < -0.4 is 0 Å². The van der Waals surface area contributed by atoms with Gasteiger partial charge in [0.15, 0.2) is 5.03 Å². The molecule has 2 rings (SSSR count). The third-order valence-electron chi connectivity index (χ3n) is 4.04. The Balaban J connectivity index is 2.42. The molecule has 0 N–H and O–H groups in total. The number of pyridine rings is 1. The predicted octanol–water partition coefficient (Wildman–Crippen LogP) is 3.04. The standard InChI is InChI=1S/C18H24N2O3S/c1-12(2)20(13(3)4)18(21)14(5)24(22,23)17-11-10-15-8-6-7-9-16(15)19-17/h6-14H,1-5H3. The molecule has 0 radical (unpaired) electrons. The summed E-state index contributed by atoms with van der Waals surface area (Å²) < 4.78 is 25.7. The molecule has 6 heteroatoms. The average molecular weight is 348 g/mol. The first-order chi connectivity index (χ1) is 11.2. The van der Waals surface area contributed by atoms with Crippen molar-refractivity contribution in [2.75, 3.05) is 0 Å². The molecule has 5 nitrogen and oxygen atoms in total. The lowest BCUT2D eigenvalue weighted by atomic mass is 10.2. The molecule has 1 heterocycles. The molecule has 24 heavy (non-hydrogen) atoms. The highest BCUT2D eigenvalue weighted by molar-refractivity contribution is 7.92. The number of fused-ring (bicyclic) bond motifs is 1. The van der Waals surface area contributed by atoms with E-state index in [9.17, 15) is 13.2 Å². The maximum absolute atomic E-state index is 12.9. The second-order valence-electron chi connectivity index (χ2n) is 6.46. The maximum atomic E-state index is 12.9. The van der Waals surface area contributed by atoms with Crippen LogP contribution in [-0.2, 0) is 14.6 Å². The van der Waals surface area contributed by atoms with Crippen LogP contribution in [0.2, 0.25) is 0 Å². The number of hydrogen-bond donors (Lipinski definition) is 0. The minimum Gasteiger partial charge on any atom is -0.337 e. The van der Waals surface area contributed by atoms with Crippen molar-refractivity contribution in [2.24, 2.45) is 0 Å². The zero-order chi connectivity index (χ0) is 18.1. The zero-order valence-corrected chi connectivity index (χ0v) is 15.5. The number of aromatic nitrogens is 1. The first kappa shape index (κ1) is 18.4. The lowest BCUT2D eigenvalue weighted by Gasteiger charge is -2.32. The monoisotopic (exact) mass is 348 g/mol. The molecular weight excluding hydrogens is 324 g/mol. The summed E-state index contributed by atoms with van der Waals surface area (Å²) in [4.78, 5) is 18.6. The molecule has 0 aliphatic rings. The molecule has 0 spiro atoms. The number of amides is 1. The SMILES string of the molecule is CC(C)N(C(=O)C(C)S(=O)(=O)c1ccc2ccccc2n1)C(C)C. The van der Waals surface area contributed by atoms with Gasteiger partial charge >= 0.3 is 0 Å². The van der Waals surface area contributed by atoms with Gasteiger partial charge in [-0.25, -0.2) is 13.4 Å². The fourth-order valence-corrected chi connectivity index (χ4v) is 4.07. The topological polar surface area (TPSA) is 67.3 Å². The van der Waals surface area contributed by atoms with Crippen LogP contribution in [0.1, 0.15) is 34.6 Å². The van der Waals surface area contributed by atoms with Crippen LogP contribution in [0.5, 0.6) is 0 Å². The van der Waals surface area contributed by atoms with Crippen molar-refractivity contribution in [1.82, 2.24) is 9.88 Å². The van der Waals surface area contributed by atoms with Crippen molar-refractivity contribution in [3.63, 3.8) is 0 Å². The molecule has 0 bridgehead atoms. The van der Waals surface area contributed by atoms with Crippen LogP contribution in [0.4, 0.5) is 0 Å². The molecule has 1 amide bonds. The van der Waals surface area contributed by atoms with Crippen molar-refractivity contribution in [2.45, 2.75) is 57.0 Å². The van der Waals surface area contributed by atoms with E-state index < -0.39 is 21.0 Å². The maximum Gasteiger partial charge on any atom is 0.241 e. The molecule has 0 saturated carbocycles. The van der Waals surface area contributed by atoms with Crippen molar-refractivity contribution in [1.29, 1.82) is 0 Å². The zero-order valence-electron chi connectivity index (χ0n) is 14.7. The number of nitrogens with zero attached hydrogens (tertiary/aromatic N) is 2. The van der Waals surface area contributed by atoms with Gasteiger partial charge in [-0.05, 0) is 52.8 Å². The van der Waals surface area contributed by atoms with Crippen molar-refractivity contribution < 1.29 is 13.2 Å². The van der Waals surface area contributed by atoms with Gasteiger partial charge in [0.25, 0.3) is 0 Å². The van der Waals surface area contributed by atoms with Crippen molar-refractivity contribution >= 4 is 26.6 Å². The summed E-state index contributed by atoms with van der Waals surface area (Å²) >= 11 is 0. The predicted molar refractivity (Wildman–Crippen MR) is 95.5 cm³/mol. The summed E-state index contributed by atoms with van der Waals surface area (Å²) in [5, 5.41) is -0.369. The van der Waals surface area contributed by atoms with Crippen LogP contribution in [0.25, 0.3) is 10.9 Å². The molecule has 0 fully saturated rings. The molecule has 0 aliphatic heterocycles. The van der Waals surface area contributed by atoms with Gasteiger partial charge in [-0.2, -0.15) is 0 Å². The molecule has 2 aromatic rings. The summed E-state index contributed by atoms with van der Waals surface area (Å²) in [5.74, 6) is -0.394. The second kappa shape index (κ2) is 6.89. The van der Waals surface area contributed by atoms with Crippen molar-refractivity contribution in [3.05, 3.63) is 36.4 Å². The van der Waals surface area contributed by atoms with E-state index in [0.717, 1.165) is 5.39 Å². The number of benzene rings is 1. The molecule has 1 aromatic heterocycles. The molecule has 0 aliphatic carbocycles.